The van der Waals surface area contributed by atoms with Gasteiger partial charge in [-0.05, 0) is 32.0 Å². The largest absolute Gasteiger partial charge is 0.495 e. The topological polar surface area (TPSA) is 89.9 Å². The second-order valence-electron chi connectivity index (χ2n) is 6.79. The van der Waals surface area contributed by atoms with Crippen LogP contribution in [-0.2, 0) is 21.8 Å². The van der Waals surface area contributed by atoms with Crippen LogP contribution in [0.4, 0.5) is 5.69 Å². The SMILES string of the molecule is COc1ccc(NS(=O)(=O)c2c(C(=O)N3CCOCC3)c(C)n(C)c2C)cc1Cl. The summed E-state index contributed by atoms with van der Waals surface area (Å²) >= 11 is 6.11. The number of halogens is 1. The van der Waals surface area contributed by atoms with E-state index in [0.717, 1.165) is 0 Å². The lowest BCUT2D eigenvalue weighted by atomic mass is 10.2. The first-order valence-electron chi connectivity index (χ1n) is 9.06. The monoisotopic (exact) mass is 441 g/mol. The maximum absolute atomic E-state index is 13.3. The van der Waals surface area contributed by atoms with Gasteiger partial charge in [0.25, 0.3) is 15.9 Å². The molecule has 1 aromatic carbocycles. The average Bonchev–Trinajstić information content (AvgIpc) is 2.92. The van der Waals surface area contributed by atoms with Crippen molar-refractivity contribution < 1.29 is 22.7 Å². The maximum atomic E-state index is 13.3. The number of rotatable bonds is 5. The van der Waals surface area contributed by atoms with E-state index >= 15 is 0 Å². The average molecular weight is 442 g/mol. The normalized spacial score (nSPS) is 14.7. The lowest BCUT2D eigenvalue weighted by Crippen LogP contribution is -2.41. The van der Waals surface area contributed by atoms with Crippen molar-refractivity contribution in [1.82, 2.24) is 9.47 Å². The Morgan fingerprint density at radius 2 is 1.86 bits per heavy atom. The molecule has 1 aromatic heterocycles. The summed E-state index contributed by atoms with van der Waals surface area (Å²) in [4.78, 5) is 14.8. The maximum Gasteiger partial charge on any atom is 0.264 e. The van der Waals surface area contributed by atoms with Crippen LogP contribution in [0.1, 0.15) is 21.7 Å². The Kier molecular flexibility index (Phi) is 6.11. The van der Waals surface area contributed by atoms with Gasteiger partial charge in [-0.2, -0.15) is 0 Å². The van der Waals surface area contributed by atoms with Crippen LogP contribution in [-0.4, -0.2) is 57.2 Å². The fraction of sp³-hybridized carbons (Fsp3) is 0.421. The van der Waals surface area contributed by atoms with Crippen LogP contribution in [0.15, 0.2) is 23.1 Å². The van der Waals surface area contributed by atoms with Crippen LogP contribution in [0.5, 0.6) is 5.75 Å². The molecule has 1 N–H and O–H groups in total. The van der Waals surface area contributed by atoms with Gasteiger partial charge in [0.2, 0.25) is 0 Å². The number of nitrogens with one attached hydrogen (secondary N) is 1. The van der Waals surface area contributed by atoms with Gasteiger partial charge in [-0.25, -0.2) is 8.42 Å². The van der Waals surface area contributed by atoms with Crippen molar-refractivity contribution in [2.45, 2.75) is 18.7 Å². The van der Waals surface area contributed by atoms with Gasteiger partial charge in [-0.3, -0.25) is 9.52 Å². The van der Waals surface area contributed by atoms with Crippen LogP contribution in [0, 0.1) is 13.8 Å². The van der Waals surface area contributed by atoms with E-state index in [1.54, 1.807) is 42.5 Å². The van der Waals surface area contributed by atoms with Gasteiger partial charge in [0, 0.05) is 31.5 Å². The van der Waals surface area contributed by atoms with Crippen molar-refractivity contribution in [3.05, 3.63) is 40.2 Å². The minimum absolute atomic E-state index is 0.0269. The smallest absolute Gasteiger partial charge is 0.264 e. The Morgan fingerprint density at radius 3 is 2.45 bits per heavy atom. The fourth-order valence-corrected chi connectivity index (χ4v) is 5.18. The third-order valence-electron chi connectivity index (χ3n) is 5.11. The highest BCUT2D eigenvalue weighted by molar-refractivity contribution is 7.92. The van der Waals surface area contributed by atoms with E-state index in [1.165, 1.54) is 13.2 Å². The van der Waals surface area contributed by atoms with Crippen LogP contribution in [0.25, 0.3) is 0 Å². The van der Waals surface area contributed by atoms with E-state index in [2.05, 4.69) is 4.72 Å². The summed E-state index contributed by atoms with van der Waals surface area (Å²) in [5, 5.41) is 0.276. The number of sulfonamides is 1. The molecule has 0 atom stereocenters. The molecule has 1 aliphatic rings. The Morgan fingerprint density at radius 1 is 1.21 bits per heavy atom. The number of nitrogens with zero attached hydrogens (tertiary/aromatic N) is 2. The molecule has 3 rings (SSSR count). The molecule has 0 aliphatic carbocycles. The molecular formula is C19H24ClN3O5S. The molecule has 0 radical (unpaired) electrons. The van der Waals surface area contributed by atoms with E-state index in [-0.39, 0.29) is 27.1 Å². The molecule has 1 aliphatic heterocycles. The minimum atomic E-state index is -4.05. The van der Waals surface area contributed by atoms with Crippen molar-refractivity contribution in [1.29, 1.82) is 0 Å². The zero-order valence-electron chi connectivity index (χ0n) is 16.8. The molecule has 10 heteroatoms. The number of hydrogen-bond acceptors (Lipinski definition) is 5. The van der Waals surface area contributed by atoms with E-state index < -0.39 is 10.0 Å². The summed E-state index contributed by atoms with van der Waals surface area (Å²) in [6.07, 6.45) is 0. The van der Waals surface area contributed by atoms with Gasteiger partial charge in [0.05, 0.1) is 36.6 Å². The summed E-state index contributed by atoms with van der Waals surface area (Å²) in [5.41, 5.74) is 1.53. The predicted molar refractivity (Wildman–Crippen MR) is 110 cm³/mol. The zero-order chi connectivity index (χ0) is 21.3. The molecule has 1 amide bonds. The summed E-state index contributed by atoms with van der Waals surface area (Å²) in [5.74, 6) is 0.118. The minimum Gasteiger partial charge on any atom is -0.495 e. The molecule has 1 saturated heterocycles. The number of aromatic nitrogens is 1. The van der Waals surface area contributed by atoms with Gasteiger partial charge in [0.15, 0.2) is 0 Å². The van der Waals surface area contributed by atoms with E-state index in [1.807, 2.05) is 0 Å². The second-order valence-corrected chi connectivity index (χ2v) is 8.82. The lowest BCUT2D eigenvalue weighted by Gasteiger charge is -2.27. The first-order valence-corrected chi connectivity index (χ1v) is 10.9. The van der Waals surface area contributed by atoms with Crippen molar-refractivity contribution in [2.24, 2.45) is 7.05 Å². The number of benzene rings is 1. The van der Waals surface area contributed by atoms with E-state index in [9.17, 15) is 13.2 Å². The highest BCUT2D eigenvalue weighted by Gasteiger charge is 2.33. The van der Waals surface area contributed by atoms with Crippen molar-refractivity contribution in [3.8, 4) is 5.75 Å². The van der Waals surface area contributed by atoms with Gasteiger partial charge in [0.1, 0.15) is 10.6 Å². The molecular weight excluding hydrogens is 418 g/mol. The molecule has 0 unspecified atom stereocenters. The Labute approximate surface area is 175 Å². The molecule has 8 nitrogen and oxygen atoms in total. The molecule has 0 saturated carbocycles. The van der Waals surface area contributed by atoms with Gasteiger partial charge >= 0.3 is 0 Å². The quantitative estimate of drug-likeness (QED) is 0.770. The summed E-state index contributed by atoms with van der Waals surface area (Å²) in [7, 11) is -0.828. The van der Waals surface area contributed by atoms with Crippen molar-refractivity contribution in [3.63, 3.8) is 0 Å². The highest BCUT2D eigenvalue weighted by Crippen LogP contribution is 2.32. The van der Waals surface area contributed by atoms with E-state index in [0.29, 0.717) is 43.4 Å². The zero-order valence-corrected chi connectivity index (χ0v) is 18.4. The van der Waals surface area contributed by atoms with Crippen LogP contribution < -0.4 is 9.46 Å². The number of carbonyl (C=O) groups excluding carboxylic acids is 1. The highest BCUT2D eigenvalue weighted by atomic mass is 35.5. The third-order valence-corrected chi connectivity index (χ3v) is 6.95. The molecule has 2 heterocycles. The third kappa shape index (κ3) is 4.08. The molecule has 0 bridgehead atoms. The number of methoxy groups -OCH3 is 1. The Hall–Kier alpha value is -2.23. The van der Waals surface area contributed by atoms with Crippen LogP contribution in [0.3, 0.4) is 0 Å². The second kappa shape index (κ2) is 8.25. The van der Waals surface area contributed by atoms with Crippen molar-refractivity contribution in [2.75, 3.05) is 38.1 Å². The molecule has 1 fully saturated rings. The number of anilines is 1. The van der Waals surface area contributed by atoms with Gasteiger partial charge < -0.3 is 18.9 Å². The van der Waals surface area contributed by atoms with Gasteiger partial charge in [-0.1, -0.05) is 11.6 Å². The van der Waals surface area contributed by atoms with Gasteiger partial charge in [-0.15, -0.1) is 0 Å². The number of hydrogen-bond donors (Lipinski definition) is 1. The molecule has 2 aromatic rings. The predicted octanol–water partition coefficient (Wildman–Crippen LogP) is 2.58. The molecule has 29 heavy (non-hydrogen) atoms. The standard InChI is InChI=1S/C19H24ClN3O5S/c1-12-17(19(24)23-7-9-28-10-8-23)18(13(2)22(12)3)29(25,26)21-14-5-6-16(27-4)15(20)11-14/h5-6,11,21H,7-10H2,1-4H3. The number of morpholine rings is 1. The molecule has 0 spiro atoms. The van der Waals surface area contributed by atoms with E-state index in [4.69, 9.17) is 21.1 Å². The Bertz CT molecular complexity index is 1040. The summed E-state index contributed by atoms with van der Waals surface area (Å²) in [6.45, 7) is 5.13. The van der Waals surface area contributed by atoms with Crippen LogP contribution in [0.2, 0.25) is 5.02 Å². The lowest BCUT2D eigenvalue weighted by molar-refractivity contribution is 0.0300. The number of carbonyl (C=O) groups is 1. The number of ether oxygens (including phenoxy) is 2. The molecule has 158 valence electrons. The Balaban J connectivity index is 2.03. The van der Waals surface area contributed by atoms with Crippen LogP contribution >= 0.6 is 11.6 Å². The first kappa shape index (κ1) is 21.5. The summed E-state index contributed by atoms with van der Waals surface area (Å²) in [6, 6.07) is 4.59. The van der Waals surface area contributed by atoms with Crippen molar-refractivity contribution >= 4 is 33.2 Å². The number of amides is 1. The fourth-order valence-electron chi connectivity index (χ4n) is 3.36. The first-order chi connectivity index (χ1) is 13.7. The summed E-state index contributed by atoms with van der Waals surface area (Å²) < 4.78 is 41.2.